The number of benzene rings is 2. The fraction of sp³-hybridized carbons (Fsp3) is 0.250. The molecule has 2 heteroatoms. The van der Waals surface area contributed by atoms with Crippen LogP contribution in [0.4, 0.5) is 0 Å². The molecule has 0 radical (unpaired) electrons. The van der Waals surface area contributed by atoms with Gasteiger partial charge in [0.15, 0.2) is 0 Å². The molecule has 18 heavy (non-hydrogen) atoms. The molecule has 0 bridgehead atoms. The Bertz CT molecular complexity index is 561. The average molecular weight is 240 g/mol. The minimum atomic E-state index is 0.895. The van der Waals surface area contributed by atoms with Crippen molar-refractivity contribution in [3.8, 4) is 17.2 Å². The molecule has 0 N–H and O–H groups in total. The largest absolute Gasteiger partial charge is 0.497 e. The summed E-state index contributed by atoms with van der Waals surface area (Å²) in [5.74, 6) is 2.82. The molecule has 3 rings (SSSR count). The predicted molar refractivity (Wildman–Crippen MR) is 71.5 cm³/mol. The number of hydrogen-bond acceptors (Lipinski definition) is 2. The Morgan fingerprint density at radius 2 is 1.72 bits per heavy atom. The van der Waals surface area contributed by atoms with Crippen molar-refractivity contribution < 1.29 is 9.47 Å². The van der Waals surface area contributed by atoms with Crippen LogP contribution in [0.25, 0.3) is 0 Å². The summed E-state index contributed by atoms with van der Waals surface area (Å²) in [7, 11) is 1.70. The standard InChI is InChI=1S/C16H16O2/c1-17-14-9-10-16-13(11-14)7-4-6-12-5-2-3-8-15(12)18-16/h2-3,5,8-11H,4,6-7H2,1H3. The van der Waals surface area contributed by atoms with E-state index in [9.17, 15) is 0 Å². The van der Waals surface area contributed by atoms with Gasteiger partial charge >= 0.3 is 0 Å². The van der Waals surface area contributed by atoms with Gasteiger partial charge in [-0.15, -0.1) is 0 Å². The lowest BCUT2D eigenvalue weighted by atomic mass is 10.0. The quantitative estimate of drug-likeness (QED) is 0.750. The van der Waals surface area contributed by atoms with Gasteiger partial charge in [0.05, 0.1) is 7.11 Å². The minimum absolute atomic E-state index is 0.895. The third-order valence-corrected chi connectivity index (χ3v) is 3.35. The summed E-state index contributed by atoms with van der Waals surface area (Å²) in [4.78, 5) is 0. The predicted octanol–water partition coefficient (Wildman–Crippen LogP) is 3.98. The van der Waals surface area contributed by atoms with Gasteiger partial charge in [0.2, 0.25) is 0 Å². The Balaban J connectivity index is 2.02. The lowest BCUT2D eigenvalue weighted by Gasteiger charge is -2.18. The normalized spacial score (nSPS) is 13.6. The second-order valence-corrected chi connectivity index (χ2v) is 4.54. The smallest absolute Gasteiger partial charge is 0.130 e. The Kier molecular flexibility index (Phi) is 2.93. The molecule has 0 amide bonds. The van der Waals surface area contributed by atoms with Crippen LogP contribution in [0.3, 0.4) is 0 Å². The third-order valence-electron chi connectivity index (χ3n) is 3.35. The first-order chi connectivity index (χ1) is 8.86. The average Bonchev–Trinajstić information content (AvgIpc) is 2.39. The highest BCUT2D eigenvalue weighted by Crippen LogP contribution is 2.34. The molecule has 0 spiro atoms. The van der Waals surface area contributed by atoms with Gasteiger partial charge in [-0.05, 0) is 54.7 Å². The third kappa shape index (κ3) is 2.06. The van der Waals surface area contributed by atoms with Crippen molar-refractivity contribution in [2.75, 3.05) is 7.11 Å². The summed E-state index contributed by atoms with van der Waals surface area (Å²) in [5, 5.41) is 0. The van der Waals surface area contributed by atoms with E-state index in [4.69, 9.17) is 9.47 Å². The van der Waals surface area contributed by atoms with E-state index in [0.29, 0.717) is 0 Å². The number of ether oxygens (including phenoxy) is 2. The lowest BCUT2D eigenvalue weighted by Crippen LogP contribution is -2.01. The Hall–Kier alpha value is -1.96. The van der Waals surface area contributed by atoms with Crippen molar-refractivity contribution in [2.45, 2.75) is 19.3 Å². The van der Waals surface area contributed by atoms with Gasteiger partial charge in [0.1, 0.15) is 17.2 Å². The first-order valence-corrected chi connectivity index (χ1v) is 6.29. The van der Waals surface area contributed by atoms with Gasteiger partial charge < -0.3 is 9.47 Å². The second-order valence-electron chi connectivity index (χ2n) is 4.54. The highest BCUT2D eigenvalue weighted by atomic mass is 16.5. The minimum Gasteiger partial charge on any atom is -0.497 e. The topological polar surface area (TPSA) is 18.5 Å². The maximum Gasteiger partial charge on any atom is 0.130 e. The van der Waals surface area contributed by atoms with Gasteiger partial charge in [0, 0.05) is 0 Å². The van der Waals surface area contributed by atoms with Crippen molar-refractivity contribution in [1.82, 2.24) is 0 Å². The molecule has 2 aromatic carbocycles. The van der Waals surface area contributed by atoms with Gasteiger partial charge in [-0.1, -0.05) is 18.2 Å². The van der Waals surface area contributed by atoms with E-state index in [0.717, 1.165) is 36.5 Å². The number of para-hydroxylation sites is 1. The highest BCUT2D eigenvalue weighted by Gasteiger charge is 2.13. The van der Waals surface area contributed by atoms with Crippen LogP contribution >= 0.6 is 0 Å². The molecular formula is C16H16O2. The van der Waals surface area contributed by atoms with Crippen LogP contribution in [0, 0.1) is 0 Å². The molecule has 1 heterocycles. The van der Waals surface area contributed by atoms with E-state index < -0.39 is 0 Å². The van der Waals surface area contributed by atoms with Gasteiger partial charge in [-0.3, -0.25) is 0 Å². The summed E-state index contributed by atoms with van der Waals surface area (Å²) >= 11 is 0. The van der Waals surface area contributed by atoms with Crippen molar-refractivity contribution in [3.63, 3.8) is 0 Å². The van der Waals surface area contributed by atoms with Crippen molar-refractivity contribution in [1.29, 1.82) is 0 Å². The first-order valence-electron chi connectivity index (χ1n) is 6.29. The molecule has 1 aliphatic rings. The molecule has 1 aliphatic heterocycles. The van der Waals surface area contributed by atoms with Crippen molar-refractivity contribution in [2.24, 2.45) is 0 Å². The molecular weight excluding hydrogens is 224 g/mol. The number of aryl methyl sites for hydroxylation is 2. The monoisotopic (exact) mass is 240 g/mol. The summed E-state index contributed by atoms with van der Waals surface area (Å²) in [6, 6.07) is 14.3. The van der Waals surface area contributed by atoms with Crippen LogP contribution in [0.5, 0.6) is 17.2 Å². The molecule has 2 aromatic rings. The Labute approximate surface area is 107 Å². The zero-order chi connectivity index (χ0) is 12.4. The number of rotatable bonds is 1. The fourth-order valence-corrected chi connectivity index (χ4v) is 2.38. The van der Waals surface area contributed by atoms with E-state index in [2.05, 4.69) is 18.2 Å². The molecule has 0 atom stereocenters. The van der Waals surface area contributed by atoms with Crippen LogP contribution < -0.4 is 9.47 Å². The van der Waals surface area contributed by atoms with Crippen LogP contribution in [-0.2, 0) is 12.8 Å². The molecule has 0 unspecified atom stereocenters. The van der Waals surface area contributed by atoms with E-state index in [-0.39, 0.29) is 0 Å². The van der Waals surface area contributed by atoms with Gasteiger partial charge in [-0.2, -0.15) is 0 Å². The van der Waals surface area contributed by atoms with Gasteiger partial charge in [0.25, 0.3) is 0 Å². The summed E-state index contributed by atoms with van der Waals surface area (Å²) < 4.78 is 11.3. The molecule has 2 nitrogen and oxygen atoms in total. The molecule has 0 fully saturated rings. The zero-order valence-electron chi connectivity index (χ0n) is 10.5. The van der Waals surface area contributed by atoms with E-state index >= 15 is 0 Å². The molecule has 0 saturated carbocycles. The maximum atomic E-state index is 6.03. The van der Waals surface area contributed by atoms with E-state index in [1.54, 1.807) is 7.11 Å². The van der Waals surface area contributed by atoms with Crippen LogP contribution in [0.2, 0.25) is 0 Å². The van der Waals surface area contributed by atoms with Crippen molar-refractivity contribution >= 4 is 0 Å². The molecule has 92 valence electrons. The Morgan fingerprint density at radius 3 is 2.61 bits per heavy atom. The zero-order valence-corrected chi connectivity index (χ0v) is 10.5. The van der Waals surface area contributed by atoms with Crippen LogP contribution in [0.15, 0.2) is 42.5 Å². The van der Waals surface area contributed by atoms with E-state index in [1.807, 2.05) is 24.3 Å². The van der Waals surface area contributed by atoms with Crippen LogP contribution in [-0.4, -0.2) is 7.11 Å². The first kappa shape index (κ1) is 11.1. The molecule has 0 aromatic heterocycles. The molecule has 0 saturated heterocycles. The number of hydrogen-bond donors (Lipinski definition) is 0. The summed E-state index contributed by atoms with van der Waals surface area (Å²) in [5.41, 5.74) is 2.52. The van der Waals surface area contributed by atoms with Gasteiger partial charge in [-0.25, -0.2) is 0 Å². The summed E-state index contributed by atoms with van der Waals surface area (Å²) in [6.07, 6.45) is 3.23. The van der Waals surface area contributed by atoms with Crippen molar-refractivity contribution in [3.05, 3.63) is 53.6 Å². The maximum absolute atomic E-state index is 6.03. The highest BCUT2D eigenvalue weighted by molar-refractivity contribution is 5.45. The number of fused-ring (bicyclic) bond motifs is 2. The fourth-order valence-electron chi connectivity index (χ4n) is 2.38. The SMILES string of the molecule is COc1ccc2c(c1)CCCc1ccccc1O2. The molecule has 0 aliphatic carbocycles. The summed E-state index contributed by atoms with van der Waals surface area (Å²) in [6.45, 7) is 0. The lowest BCUT2D eigenvalue weighted by molar-refractivity contribution is 0.410. The van der Waals surface area contributed by atoms with Crippen LogP contribution in [0.1, 0.15) is 17.5 Å². The van der Waals surface area contributed by atoms with E-state index in [1.165, 1.54) is 11.1 Å². The Morgan fingerprint density at radius 1 is 0.944 bits per heavy atom. The number of methoxy groups -OCH3 is 1. The second kappa shape index (κ2) is 4.73.